The number of hydrogen-bond acceptors (Lipinski definition) is 3. The Labute approximate surface area is 134 Å². The van der Waals surface area contributed by atoms with Gasteiger partial charge in [-0.2, -0.15) is 0 Å². The molecular formula is C17H20N2O2S. The minimum absolute atomic E-state index is 0.185. The molecule has 0 fully saturated rings. The predicted molar refractivity (Wildman–Crippen MR) is 88.3 cm³/mol. The minimum Gasteiger partial charge on any atom is -0.369 e. The molecule has 1 atom stereocenters. The van der Waals surface area contributed by atoms with Crippen LogP contribution < -0.4 is 11.1 Å². The smallest absolute Gasteiger partial charge is 0.229 e. The van der Waals surface area contributed by atoms with Crippen LogP contribution in [0.5, 0.6) is 0 Å². The molecule has 0 aliphatic heterocycles. The lowest BCUT2D eigenvalue weighted by Gasteiger charge is -2.29. The van der Waals surface area contributed by atoms with Crippen molar-refractivity contribution < 1.29 is 9.59 Å². The molecule has 0 aliphatic carbocycles. The Morgan fingerprint density at radius 3 is 2.41 bits per heavy atom. The Kier molecular flexibility index (Phi) is 4.98. The summed E-state index contributed by atoms with van der Waals surface area (Å²) in [7, 11) is 0. The molecule has 0 bridgehead atoms. The van der Waals surface area contributed by atoms with Crippen LogP contribution in [0.4, 0.5) is 0 Å². The summed E-state index contributed by atoms with van der Waals surface area (Å²) in [6.45, 7) is 3.85. The summed E-state index contributed by atoms with van der Waals surface area (Å²) in [5.74, 6) is -1.26. The zero-order chi connectivity index (χ0) is 16.2. The topological polar surface area (TPSA) is 72.2 Å². The van der Waals surface area contributed by atoms with E-state index in [0.717, 1.165) is 10.4 Å². The Morgan fingerprint density at radius 1 is 1.18 bits per heavy atom. The lowest BCUT2D eigenvalue weighted by Crippen LogP contribution is -2.44. The molecule has 1 aromatic carbocycles. The second kappa shape index (κ2) is 6.75. The van der Waals surface area contributed by atoms with E-state index < -0.39 is 17.2 Å². The van der Waals surface area contributed by atoms with Gasteiger partial charge in [0.25, 0.3) is 0 Å². The first-order chi connectivity index (χ1) is 10.4. The third kappa shape index (κ3) is 3.54. The van der Waals surface area contributed by atoms with Crippen LogP contribution in [0.25, 0.3) is 0 Å². The van der Waals surface area contributed by atoms with Crippen LogP contribution in [-0.2, 0) is 16.1 Å². The van der Waals surface area contributed by atoms with E-state index in [1.807, 2.05) is 47.8 Å². The van der Waals surface area contributed by atoms with Crippen molar-refractivity contribution in [2.24, 2.45) is 11.1 Å². The molecule has 1 aromatic heterocycles. The molecule has 2 rings (SSSR count). The Bertz CT molecular complexity index is 636. The minimum atomic E-state index is -0.953. The van der Waals surface area contributed by atoms with E-state index in [1.165, 1.54) is 11.3 Å². The highest BCUT2D eigenvalue weighted by Gasteiger charge is 2.41. The molecule has 3 N–H and O–H groups in total. The number of thiophene rings is 1. The lowest BCUT2D eigenvalue weighted by molar-refractivity contribution is -0.134. The van der Waals surface area contributed by atoms with E-state index in [-0.39, 0.29) is 5.91 Å². The Morgan fingerprint density at radius 2 is 1.86 bits per heavy atom. The van der Waals surface area contributed by atoms with Gasteiger partial charge in [0.15, 0.2) is 0 Å². The van der Waals surface area contributed by atoms with Gasteiger partial charge in [-0.05, 0) is 30.9 Å². The fraction of sp³-hybridized carbons (Fsp3) is 0.294. The molecule has 4 nitrogen and oxygen atoms in total. The fourth-order valence-electron chi connectivity index (χ4n) is 2.30. The molecule has 22 heavy (non-hydrogen) atoms. The van der Waals surface area contributed by atoms with Crippen LogP contribution in [0.3, 0.4) is 0 Å². The van der Waals surface area contributed by atoms with E-state index in [0.29, 0.717) is 6.54 Å². The summed E-state index contributed by atoms with van der Waals surface area (Å²) in [6.07, 6.45) is 0. The van der Waals surface area contributed by atoms with Gasteiger partial charge in [0.1, 0.15) is 0 Å². The molecule has 1 heterocycles. The van der Waals surface area contributed by atoms with Crippen molar-refractivity contribution in [1.82, 2.24) is 5.32 Å². The van der Waals surface area contributed by atoms with Crippen LogP contribution in [0.2, 0.25) is 0 Å². The van der Waals surface area contributed by atoms with Crippen molar-refractivity contribution in [3.05, 3.63) is 58.3 Å². The summed E-state index contributed by atoms with van der Waals surface area (Å²) in [6, 6.07) is 13.4. The van der Waals surface area contributed by atoms with Crippen molar-refractivity contribution in [2.45, 2.75) is 26.3 Å². The number of benzene rings is 1. The first-order valence-electron chi connectivity index (χ1n) is 7.08. The summed E-state index contributed by atoms with van der Waals surface area (Å²) in [5.41, 5.74) is 5.57. The first kappa shape index (κ1) is 16.2. The van der Waals surface area contributed by atoms with E-state index >= 15 is 0 Å². The van der Waals surface area contributed by atoms with Crippen LogP contribution in [0, 0.1) is 5.41 Å². The molecule has 0 saturated carbocycles. The molecular weight excluding hydrogens is 296 g/mol. The normalized spacial score (nSPS) is 12.6. The van der Waals surface area contributed by atoms with Crippen LogP contribution in [0.15, 0.2) is 47.8 Å². The standard InChI is InChI=1S/C17H20N2O2S/c1-17(2,16(18)21)14(13-9-6-10-22-13)15(20)19-11-12-7-4-3-5-8-12/h3-10,14H,11H2,1-2H3,(H2,18,21)(H,19,20). The summed E-state index contributed by atoms with van der Waals surface area (Å²) in [5, 5.41) is 4.80. The van der Waals surface area contributed by atoms with Gasteiger partial charge in [-0.15, -0.1) is 11.3 Å². The monoisotopic (exact) mass is 316 g/mol. The molecule has 0 spiro atoms. The average Bonchev–Trinajstić information content (AvgIpc) is 2.99. The number of nitrogens with two attached hydrogens (primary N) is 1. The number of carbonyl (C=O) groups is 2. The second-order valence-corrected chi connectivity index (χ2v) is 6.72. The molecule has 2 aromatic rings. The highest BCUT2D eigenvalue weighted by atomic mass is 32.1. The molecule has 5 heteroatoms. The van der Waals surface area contributed by atoms with E-state index in [4.69, 9.17) is 5.73 Å². The van der Waals surface area contributed by atoms with E-state index in [9.17, 15) is 9.59 Å². The molecule has 1 unspecified atom stereocenters. The quantitative estimate of drug-likeness (QED) is 0.860. The van der Waals surface area contributed by atoms with Gasteiger partial charge in [-0.3, -0.25) is 9.59 Å². The number of hydrogen-bond donors (Lipinski definition) is 2. The van der Waals surface area contributed by atoms with Crippen molar-refractivity contribution in [3.63, 3.8) is 0 Å². The highest BCUT2D eigenvalue weighted by molar-refractivity contribution is 7.10. The summed E-state index contributed by atoms with van der Waals surface area (Å²) in [4.78, 5) is 25.3. The van der Waals surface area contributed by atoms with Gasteiger partial charge >= 0.3 is 0 Å². The van der Waals surface area contributed by atoms with Gasteiger partial charge in [0.2, 0.25) is 11.8 Å². The molecule has 116 valence electrons. The number of carbonyl (C=O) groups excluding carboxylic acids is 2. The Balaban J connectivity index is 2.19. The molecule has 0 aliphatic rings. The van der Waals surface area contributed by atoms with Crippen molar-refractivity contribution in [1.29, 1.82) is 0 Å². The van der Waals surface area contributed by atoms with Gasteiger partial charge in [0.05, 0.1) is 11.3 Å². The van der Waals surface area contributed by atoms with E-state index in [2.05, 4.69) is 5.32 Å². The maximum absolute atomic E-state index is 12.7. The van der Waals surface area contributed by atoms with Crippen molar-refractivity contribution >= 4 is 23.2 Å². The lowest BCUT2D eigenvalue weighted by atomic mass is 9.76. The van der Waals surface area contributed by atoms with Gasteiger partial charge in [-0.1, -0.05) is 36.4 Å². The average molecular weight is 316 g/mol. The van der Waals surface area contributed by atoms with Gasteiger partial charge in [-0.25, -0.2) is 0 Å². The molecule has 0 radical (unpaired) electrons. The summed E-state index contributed by atoms with van der Waals surface area (Å²) < 4.78 is 0. The maximum Gasteiger partial charge on any atom is 0.229 e. The number of nitrogens with one attached hydrogen (secondary N) is 1. The fourth-order valence-corrected chi connectivity index (χ4v) is 3.31. The highest BCUT2D eigenvalue weighted by Crippen LogP contribution is 2.37. The second-order valence-electron chi connectivity index (χ2n) is 5.74. The first-order valence-corrected chi connectivity index (χ1v) is 7.96. The van der Waals surface area contributed by atoms with Gasteiger partial charge in [0, 0.05) is 11.4 Å². The third-order valence-electron chi connectivity index (χ3n) is 3.76. The molecule has 2 amide bonds. The zero-order valence-corrected chi connectivity index (χ0v) is 13.5. The predicted octanol–water partition coefficient (Wildman–Crippen LogP) is 2.66. The SMILES string of the molecule is CC(C)(C(N)=O)C(C(=O)NCc1ccccc1)c1cccs1. The maximum atomic E-state index is 12.7. The number of amides is 2. The van der Waals surface area contributed by atoms with Crippen LogP contribution in [-0.4, -0.2) is 11.8 Å². The van der Waals surface area contributed by atoms with Crippen LogP contribution in [0.1, 0.15) is 30.2 Å². The number of rotatable bonds is 6. The van der Waals surface area contributed by atoms with Crippen molar-refractivity contribution in [2.75, 3.05) is 0 Å². The molecule has 0 saturated heterocycles. The Hall–Kier alpha value is -2.14. The third-order valence-corrected chi connectivity index (χ3v) is 4.69. The summed E-state index contributed by atoms with van der Waals surface area (Å²) >= 11 is 1.46. The van der Waals surface area contributed by atoms with Crippen molar-refractivity contribution in [3.8, 4) is 0 Å². The largest absolute Gasteiger partial charge is 0.369 e. The van der Waals surface area contributed by atoms with E-state index in [1.54, 1.807) is 13.8 Å². The zero-order valence-electron chi connectivity index (χ0n) is 12.7. The van der Waals surface area contributed by atoms with Crippen LogP contribution >= 0.6 is 11.3 Å². The number of primary amides is 1. The van der Waals surface area contributed by atoms with Gasteiger partial charge < -0.3 is 11.1 Å².